The molecular formula is C13H16ClNOS. The number of hydrogen-bond acceptors (Lipinski definition) is 3. The summed E-state index contributed by atoms with van der Waals surface area (Å²) in [5.74, 6) is 0.569. The first-order valence-electron chi connectivity index (χ1n) is 5.94. The fourth-order valence-electron chi connectivity index (χ4n) is 2.68. The molecule has 4 heteroatoms. The average molecular weight is 270 g/mol. The second-order valence-electron chi connectivity index (χ2n) is 4.85. The predicted octanol–water partition coefficient (Wildman–Crippen LogP) is 4.15. The average Bonchev–Trinajstić information content (AvgIpc) is 2.95. The molecule has 0 saturated heterocycles. The molecule has 0 spiro atoms. The van der Waals surface area contributed by atoms with Crippen molar-refractivity contribution in [1.29, 1.82) is 5.26 Å². The van der Waals surface area contributed by atoms with Crippen LogP contribution in [0.1, 0.15) is 43.6 Å². The van der Waals surface area contributed by atoms with E-state index in [0.717, 1.165) is 30.6 Å². The van der Waals surface area contributed by atoms with Crippen molar-refractivity contribution in [2.45, 2.75) is 38.7 Å². The Morgan fingerprint density at radius 2 is 2.53 bits per heavy atom. The van der Waals surface area contributed by atoms with Gasteiger partial charge in [0.2, 0.25) is 0 Å². The molecule has 3 atom stereocenters. The third-order valence-corrected chi connectivity index (χ3v) is 5.16. The molecular weight excluding hydrogens is 254 g/mol. The summed E-state index contributed by atoms with van der Waals surface area (Å²) >= 11 is 7.31. The summed E-state index contributed by atoms with van der Waals surface area (Å²) in [6.07, 6.45) is 3.03. The maximum atomic E-state index is 10.4. The summed E-state index contributed by atoms with van der Waals surface area (Å²) < 4.78 is 0. The third kappa shape index (κ3) is 2.35. The van der Waals surface area contributed by atoms with E-state index in [9.17, 15) is 10.4 Å². The van der Waals surface area contributed by atoms with Crippen LogP contribution in [-0.4, -0.2) is 5.11 Å². The molecule has 1 fully saturated rings. The second kappa shape index (κ2) is 4.97. The van der Waals surface area contributed by atoms with Crippen molar-refractivity contribution in [1.82, 2.24) is 0 Å². The Labute approximate surface area is 111 Å². The summed E-state index contributed by atoms with van der Waals surface area (Å²) in [7, 11) is 0. The summed E-state index contributed by atoms with van der Waals surface area (Å²) in [6, 6.07) is 4.14. The lowest BCUT2D eigenvalue weighted by Gasteiger charge is -2.26. The molecule has 92 valence electrons. The number of hydrogen-bond donors (Lipinski definition) is 1. The van der Waals surface area contributed by atoms with Crippen molar-refractivity contribution >= 4 is 22.9 Å². The van der Waals surface area contributed by atoms with Crippen LogP contribution in [0.5, 0.6) is 0 Å². The largest absolute Gasteiger partial charge is 0.386 e. The molecule has 0 bridgehead atoms. The number of aliphatic hydroxyl groups is 1. The van der Waals surface area contributed by atoms with E-state index in [2.05, 4.69) is 13.0 Å². The summed E-state index contributed by atoms with van der Waals surface area (Å²) in [5.41, 5.74) is -0.602. The molecule has 0 aliphatic heterocycles. The van der Waals surface area contributed by atoms with Gasteiger partial charge < -0.3 is 5.11 Å². The Kier molecular flexibility index (Phi) is 3.77. The highest BCUT2D eigenvalue weighted by atomic mass is 35.5. The summed E-state index contributed by atoms with van der Waals surface area (Å²) in [6.45, 7) is 2.15. The highest BCUT2D eigenvalue weighted by molar-refractivity contribution is 7.10. The van der Waals surface area contributed by atoms with Gasteiger partial charge in [-0.3, -0.25) is 0 Å². The van der Waals surface area contributed by atoms with Crippen molar-refractivity contribution in [3.8, 4) is 6.07 Å². The molecule has 1 aromatic heterocycles. The minimum absolute atomic E-state index is 0.569. The van der Waals surface area contributed by atoms with E-state index in [1.165, 1.54) is 11.3 Å². The van der Waals surface area contributed by atoms with Gasteiger partial charge in [-0.15, -0.1) is 11.3 Å². The van der Waals surface area contributed by atoms with Gasteiger partial charge in [0.05, 0.1) is 16.5 Å². The molecule has 1 saturated carbocycles. The molecule has 17 heavy (non-hydrogen) atoms. The zero-order valence-corrected chi connectivity index (χ0v) is 11.4. The minimum atomic E-state index is -0.693. The number of thiophene rings is 1. The van der Waals surface area contributed by atoms with Gasteiger partial charge in [-0.25, -0.2) is 0 Å². The molecule has 1 N–H and O–H groups in total. The predicted molar refractivity (Wildman–Crippen MR) is 70.0 cm³/mol. The molecule has 1 aliphatic carbocycles. The van der Waals surface area contributed by atoms with E-state index >= 15 is 0 Å². The van der Waals surface area contributed by atoms with Crippen molar-refractivity contribution in [2.75, 3.05) is 0 Å². The lowest BCUT2D eigenvalue weighted by Crippen LogP contribution is -2.24. The Morgan fingerprint density at radius 3 is 3.00 bits per heavy atom. The maximum Gasteiger partial charge on any atom is 0.107 e. The molecule has 0 aromatic carbocycles. The fraction of sp³-hybridized carbons (Fsp3) is 0.615. The standard InChI is InChI=1S/C13H16ClNOS/c1-2-9-3-4-13(6-9,8-15)12(16)11-5-10(14)7-17-11/h5,7,9,12,16H,2-4,6H2,1H3. The molecule has 3 unspecified atom stereocenters. The second-order valence-corrected chi connectivity index (χ2v) is 6.23. The van der Waals surface area contributed by atoms with E-state index in [0.29, 0.717) is 10.9 Å². The number of aliphatic hydroxyl groups excluding tert-OH is 1. The Balaban J connectivity index is 2.22. The highest BCUT2D eigenvalue weighted by Crippen LogP contribution is 2.51. The maximum absolute atomic E-state index is 10.4. The zero-order valence-electron chi connectivity index (χ0n) is 9.82. The van der Waals surface area contributed by atoms with Gasteiger partial charge in [-0.1, -0.05) is 24.9 Å². The van der Waals surface area contributed by atoms with Crippen LogP contribution in [0.3, 0.4) is 0 Å². The van der Waals surface area contributed by atoms with E-state index in [4.69, 9.17) is 11.6 Å². The molecule has 0 radical (unpaired) electrons. The van der Waals surface area contributed by atoms with E-state index in [1.807, 2.05) is 0 Å². The number of halogens is 1. The molecule has 2 rings (SSSR count). The topological polar surface area (TPSA) is 44.0 Å². The Bertz CT molecular complexity index is 439. The van der Waals surface area contributed by atoms with Gasteiger partial charge in [-0.05, 0) is 31.2 Å². The summed E-state index contributed by atoms with van der Waals surface area (Å²) in [5, 5.41) is 22.3. The minimum Gasteiger partial charge on any atom is -0.386 e. The van der Waals surface area contributed by atoms with Crippen LogP contribution < -0.4 is 0 Å². The first-order chi connectivity index (χ1) is 8.11. The van der Waals surface area contributed by atoms with E-state index < -0.39 is 11.5 Å². The third-order valence-electron chi connectivity index (χ3n) is 3.83. The van der Waals surface area contributed by atoms with Gasteiger partial charge in [0.15, 0.2) is 0 Å². The first-order valence-corrected chi connectivity index (χ1v) is 7.20. The quantitative estimate of drug-likeness (QED) is 0.896. The Morgan fingerprint density at radius 1 is 1.76 bits per heavy atom. The van der Waals surface area contributed by atoms with Gasteiger partial charge in [-0.2, -0.15) is 5.26 Å². The van der Waals surface area contributed by atoms with Crippen molar-refractivity contribution in [3.05, 3.63) is 21.3 Å². The zero-order chi connectivity index (χ0) is 12.5. The van der Waals surface area contributed by atoms with E-state index in [1.54, 1.807) is 11.4 Å². The van der Waals surface area contributed by atoms with Crippen LogP contribution in [0.2, 0.25) is 5.02 Å². The Hall–Kier alpha value is -0.560. The normalized spacial score (nSPS) is 30.1. The fourth-order valence-corrected chi connectivity index (χ4v) is 3.87. The molecule has 1 aromatic rings. The van der Waals surface area contributed by atoms with Gasteiger partial charge in [0, 0.05) is 10.3 Å². The summed E-state index contributed by atoms with van der Waals surface area (Å²) in [4.78, 5) is 0.813. The van der Waals surface area contributed by atoms with Crippen LogP contribution in [-0.2, 0) is 0 Å². The van der Waals surface area contributed by atoms with Crippen LogP contribution >= 0.6 is 22.9 Å². The van der Waals surface area contributed by atoms with Crippen molar-refractivity contribution < 1.29 is 5.11 Å². The van der Waals surface area contributed by atoms with Gasteiger partial charge in [0.25, 0.3) is 0 Å². The lowest BCUT2D eigenvalue weighted by atomic mass is 9.80. The molecule has 1 aliphatic rings. The monoisotopic (exact) mass is 269 g/mol. The number of nitriles is 1. The SMILES string of the molecule is CCC1CCC(C#N)(C(O)c2cc(Cl)cs2)C1. The van der Waals surface area contributed by atoms with Crippen molar-refractivity contribution in [2.24, 2.45) is 11.3 Å². The van der Waals surface area contributed by atoms with E-state index in [-0.39, 0.29) is 0 Å². The molecule has 0 amide bonds. The number of rotatable bonds is 3. The van der Waals surface area contributed by atoms with Crippen LogP contribution in [0.15, 0.2) is 11.4 Å². The number of nitrogens with zero attached hydrogens (tertiary/aromatic N) is 1. The van der Waals surface area contributed by atoms with Crippen LogP contribution in [0, 0.1) is 22.7 Å². The van der Waals surface area contributed by atoms with Gasteiger partial charge in [0.1, 0.15) is 6.10 Å². The van der Waals surface area contributed by atoms with Crippen LogP contribution in [0.4, 0.5) is 0 Å². The van der Waals surface area contributed by atoms with Gasteiger partial charge >= 0.3 is 0 Å². The van der Waals surface area contributed by atoms with Crippen molar-refractivity contribution in [3.63, 3.8) is 0 Å². The molecule has 1 heterocycles. The van der Waals surface area contributed by atoms with Crippen LogP contribution in [0.25, 0.3) is 0 Å². The lowest BCUT2D eigenvalue weighted by molar-refractivity contribution is 0.0672. The molecule has 2 nitrogen and oxygen atoms in total. The highest BCUT2D eigenvalue weighted by Gasteiger charge is 2.45. The first kappa shape index (κ1) is 12.9. The smallest absolute Gasteiger partial charge is 0.107 e.